The normalized spacial score (nSPS) is 10.1. The summed E-state index contributed by atoms with van der Waals surface area (Å²) in [6.45, 7) is -0.171. The summed E-state index contributed by atoms with van der Waals surface area (Å²) in [7, 11) is 3.10. The second kappa shape index (κ2) is 9.32. The van der Waals surface area contributed by atoms with Crippen molar-refractivity contribution < 1.29 is 23.7 Å². The Bertz CT molecular complexity index is 905. The Hall–Kier alpha value is -3.67. The van der Waals surface area contributed by atoms with Gasteiger partial charge in [0.15, 0.2) is 12.4 Å². The van der Waals surface area contributed by atoms with E-state index in [0.717, 1.165) is 0 Å². The van der Waals surface area contributed by atoms with Crippen LogP contribution in [-0.2, 0) is 4.79 Å². The Morgan fingerprint density at radius 3 is 2.07 bits per heavy atom. The van der Waals surface area contributed by atoms with E-state index >= 15 is 0 Å². The maximum absolute atomic E-state index is 12.3. The van der Waals surface area contributed by atoms with Crippen LogP contribution in [0.25, 0.3) is 0 Å². The van der Waals surface area contributed by atoms with E-state index in [2.05, 4.69) is 5.32 Å². The van der Waals surface area contributed by atoms with Gasteiger partial charge >= 0.3 is 0 Å². The van der Waals surface area contributed by atoms with Crippen LogP contribution in [0.5, 0.6) is 28.7 Å². The molecule has 0 aliphatic rings. The molecule has 0 spiro atoms. The lowest BCUT2D eigenvalue weighted by Crippen LogP contribution is -2.20. The molecule has 6 nitrogen and oxygen atoms in total. The van der Waals surface area contributed by atoms with Gasteiger partial charge in [-0.25, -0.2) is 0 Å². The van der Waals surface area contributed by atoms with Crippen LogP contribution in [0.2, 0.25) is 0 Å². The third kappa shape index (κ3) is 5.17. The lowest BCUT2D eigenvalue weighted by Gasteiger charge is -2.13. The quantitative estimate of drug-likeness (QED) is 0.624. The predicted molar refractivity (Wildman–Crippen MR) is 107 cm³/mol. The zero-order chi connectivity index (χ0) is 19.8. The average molecular weight is 379 g/mol. The van der Waals surface area contributed by atoms with Crippen molar-refractivity contribution in [3.05, 3.63) is 72.8 Å². The zero-order valence-electron chi connectivity index (χ0n) is 15.7. The smallest absolute Gasteiger partial charge is 0.262 e. The second-order valence-corrected chi connectivity index (χ2v) is 5.80. The molecule has 3 aromatic rings. The van der Waals surface area contributed by atoms with Crippen LogP contribution in [0.4, 0.5) is 5.69 Å². The third-order valence-electron chi connectivity index (χ3n) is 3.83. The fourth-order valence-corrected chi connectivity index (χ4v) is 2.47. The molecule has 28 heavy (non-hydrogen) atoms. The number of anilines is 1. The number of rotatable bonds is 8. The summed E-state index contributed by atoms with van der Waals surface area (Å²) in [4.78, 5) is 12.3. The number of hydrogen-bond donors (Lipinski definition) is 1. The number of nitrogens with one attached hydrogen (secondary N) is 1. The Morgan fingerprint density at radius 1 is 0.786 bits per heavy atom. The van der Waals surface area contributed by atoms with Crippen LogP contribution in [0.3, 0.4) is 0 Å². The SMILES string of the molecule is COc1cc(OC)cc(OCC(=O)Nc2ccccc2Oc2ccccc2)c1. The predicted octanol–water partition coefficient (Wildman–Crippen LogP) is 4.51. The highest BCUT2D eigenvalue weighted by molar-refractivity contribution is 5.93. The van der Waals surface area contributed by atoms with Gasteiger partial charge in [0.2, 0.25) is 0 Å². The molecule has 6 heteroatoms. The van der Waals surface area contributed by atoms with Crippen molar-refractivity contribution in [3.63, 3.8) is 0 Å². The Morgan fingerprint density at radius 2 is 1.39 bits per heavy atom. The Balaban J connectivity index is 1.64. The zero-order valence-corrected chi connectivity index (χ0v) is 15.7. The van der Waals surface area contributed by atoms with Gasteiger partial charge in [0.05, 0.1) is 19.9 Å². The minimum Gasteiger partial charge on any atom is -0.496 e. The third-order valence-corrected chi connectivity index (χ3v) is 3.83. The molecule has 0 fully saturated rings. The van der Waals surface area contributed by atoms with Gasteiger partial charge in [0, 0.05) is 18.2 Å². The van der Waals surface area contributed by atoms with Gasteiger partial charge in [-0.15, -0.1) is 0 Å². The van der Waals surface area contributed by atoms with Gasteiger partial charge in [0.1, 0.15) is 23.0 Å². The monoisotopic (exact) mass is 379 g/mol. The van der Waals surface area contributed by atoms with Crippen LogP contribution in [0.15, 0.2) is 72.8 Å². The summed E-state index contributed by atoms with van der Waals surface area (Å²) in [6.07, 6.45) is 0. The lowest BCUT2D eigenvalue weighted by molar-refractivity contribution is -0.118. The molecular weight excluding hydrogens is 358 g/mol. The summed E-state index contributed by atoms with van der Waals surface area (Å²) < 4.78 is 21.8. The van der Waals surface area contributed by atoms with Gasteiger partial charge in [-0.1, -0.05) is 30.3 Å². The van der Waals surface area contributed by atoms with Gasteiger partial charge in [-0.3, -0.25) is 4.79 Å². The van der Waals surface area contributed by atoms with Gasteiger partial charge in [-0.2, -0.15) is 0 Å². The Labute approximate surface area is 163 Å². The van der Waals surface area contributed by atoms with E-state index in [1.807, 2.05) is 42.5 Å². The highest BCUT2D eigenvalue weighted by Crippen LogP contribution is 2.30. The first-order valence-corrected chi connectivity index (χ1v) is 8.65. The summed E-state index contributed by atoms with van der Waals surface area (Å²) in [5, 5.41) is 2.81. The summed E-state index contributed by atoms with van der Waals surface area (Å²) in [5.74, 6) is 2.55. The van der Waals surface area contributed by atoms with E-state index in [0.29, 0.717) is 34.4 Å². The fourth-order valence-electron chi connectivity index (χ4n) is 2.47. The average Bonchev–Trinajstić information content (AvgIpc) is 2.74. The number of benzene rings is 3. The van der Waals surface area contributed by atoms with Crippen LogP contribution in [0.1, 0.15) is 0 Å². The van der Waals surface area contributed by atoms with E-state index in [4.69, 9.17) is 18.9 Å². The van der Waals surface area contributed by atoms with E-state index < -0.39 is 0 Å². The van der Waals surface area contributed by atoms with Crippen molar-refractivity contribution in [2.75, 3.05) is 26.1 Å². The highest BCUT2D eigenvalue weighted by atomic mass is 16.5. The molecule has 0 heterocycles. The molecule has 0 bridgehead atoms. The molecule has 0 saturated carbocycles. The van der Waals surface area contributed by atoms with E-state index in [9.17, 15) is 4.79 Å². The number of carbonyl (C=O) groups is 1. The Kier molecular flexibility index (Phi) is 6.36. The molecule has 0 radical (unpaired) electrons. The largest absolute Gasteiger partial charge is 0.496 e. The molecule has 0 aliphatic heterocycles. The topological polar surface area (TPSA) is 66.0 Å². The first kappa shape index (κ1) is 19.1. The maximum Gasteiger partial charge on any atom is 0.262 e. The molecule has 0 unspecified atom stereocenters. The minimum absolute atomic E-state index is 0.171. The molecule has 3 aromatic carbocycles. The molecule has 0 saturated heterocycles. The number of para-hydroxylation sites is 3. The fraction of sp³-hybridized carbons (Fsp3) is 0.136. The van der Waals surface area contributed by atoms with E-state index in [1.54, 1.807) is 44.6 Å². The molecule has 144 valence electrons. The number of carbonyl (C=O) groups excluding carboxylic acids is 1. The second-order valence-electron chi connectivity index (χ2n) is 5.80. The first-order valence-electron chi connectivity index (χ1n) is 8.65. The standard InChI is InChI=1S/C22H21NO5/c1-25-17-12-18(26-2)14-19(13-17)27-15-22(24)23-20-10-6-7-11-21(20)28-16-8-4-3-5-9-16/h3-14H,15H2,1-2H3,(H,23,24). The number of hydrogen-bond acceptors (Lipinski definition) is 5. The first-order chi connectivity index (χ1) is 13.7. The minimum atomic E-state index is -0.314. The van der Waals surface area contributed by atoms with E-state index in [-0.39, 0.29) is 12.5 Å². The maximum atomic E-state index is 12.3. The number of amides is 1. The molecule has 3 rings (SSSR count). The highest BCUT2D eigenvalue weighted by Gasteiger charge is 2.10. The van der Waals surface area contributed by atoms with E-state index in [1.165, 1.54) is 0 Å². The molecule has 0 aliphatic carbocycles. The van der Waals surface area contributed by atoms with Crippen LogP contribution < -0.4 is 24.3 Å². The van der Waals surface area contributed by atoms with Crippen molar-refractivity contribution in [1.29, 1.82) is 0 Å². The lowest BCUT2D eigenvalue weighted by atomic mass is 10.3. The van der Waals surface area contributed by atoms with Crippen LogP contribution in [-0.4, -0.2) is 26.7 Å². The molecular formula is C22H21NO5. The van der Waals surface area contributed by atoms with Gasteiger partial charge in [0.25, 0.3) is 5.91 Å². The summed E-state index contributed by atoms with van der Waals surface area (Å²) >= 11 is 0. The van der Waals surface area contributed by atoms with Crippen molar-refractivity contribution in [2.24, 2.45) is 0 Å². The molecule has 0 atom stereocenters. The van der Waals surface area contributed by atoms with Crippen molar-refractivity contribution in [1.82, 2.24) is 0 Å². The molecule has 0 aromatic heterocycles. The van der Waals surface area contributed by atoms with Crippen molar-refractivity contribution in [3.8, 4) is 28.7 Å². The van der Waals surface area contributed by atoms with Gasteiger partial charge in [-0.05, 0) is 24.3 Å². The van der Waals surface area contributed by atoms with Gasteiger partial charge < -0.3 is 24.3 Å². The summed E-state index contributed by atoms with van der Waals surface area (Å²) in [6, 6.07) is 21.7. The molecule has 1 N–H and O–H groups in total. The van der Waals surface area contributed by atoms with Crippen LogP contribution >= 0.6 is 0 Å². The number of methoxy groups -OCH3 is 2. The molecule has 1 amide bonds. The number of ether oxygens (including phenoxy) is 4. The van der Waals surface area contributed by atoms with Crippen molar-refractivity contribution >= 4 is 11.6 Å². The van der Waals surface area contributed by atoms with Crippen molar-refractivity contribution in [2.45, 2.75) is 0 Å². The van der Waals surface area contributed by atoms with Crippen LogP contribution in [0, 0.1) is 0 Å². The summed E-state index contributed by atoms with van der Waals surface area (Å²) in [5.41, 5.74) is 0.558.